The van der Waals surface area contributed by atoms with Crippen molar-refractivity contribution in [3.8, 4) is 5.75 Å². The molecule has 0 bridgehead atoms. The van der Waals surface area contributed by atoms with Gasteiger partial charge in [0.1, 0.15) is 11.8 Å². The molecule has 1 aliphatic rings. The highest BCUT2D eigenvalue weighted by atomic mass is 16.6. The molecule has 150 valence electrons. The van der Waals surface area contributed by atoms with Gasteiger partial charge in [0.25, 0.3) is 5.91 Å². The van der Waals surface area contributed by atoms with Crippen molar-refractivity contribution in [2.45, 2.75) is 12.1 Å². The molecular formula is C25H21NO4. The van der Waals surface area contributed by atoms with E-state index in [0.29, 0.717) is 5.75 Å². The SMILES string of the molecule is COc1cccc(C=CC(=O)N2C(=O)OC(c3ccccc3)C2c2ccccc2)c1. The van der Waals surface area contributed by atoms with E-state index in [4.69, 9.17) is 9.47 Å². The van der Waals surface area contributed by atoms with Crippen molar-refractivity contribution < 1.29 is 19.1 Å². The molecule has 0 aliphatic carbocycles. The summed E-state index contributed by atoms with van der Waals surface area (Å²) >= 11 is 0. The monoisotopic (exact) mass is 399 g/mol. The Morgan fingerprint density at radius 3 is 2.27 bits per heavy atom. The number of amides is 2. The molecule has 1 aliphatic heterocycles. The summed E-state index contributed by atoms with van der Waals surface area (Å²) in [6.07, 6.45) is 1.82. The van der Waals surface area contributed by atoms with Crippen molar-refractivity contribution >= 4 is 18.1 Å². The minimum absolute atomic E-state index is 0.435. The van der Waals surface area contributed by atoms with Crippen LogP contribution < -0.4 is 4.74 Å². The first-order chi connectivity index (χ1) is 14.7. The molecule has 2 amide bonds. The van der Waals surface area contributed by atoms with Gasteiger partial charge >= 0.3 is 6.09 Å². The maximum Gasteiger partial charge on any atom is 0.418 e. The lowest BCUT2D eigenvalue weighted by molar-refractivity contribution is -0.124. The van der Waals surface area contributed by atoms with Crippen molar-refractivity contribution in [1.82, 2.24) is 4.90 Å². The van der Waals surface area contributed by atoms with Crippen LogP contribution in [0.4, 0.5) is 4.79 Å². The Labute approximate surface area is 175 Å². The fraction of sp³-hybridized carbons (Fsp3) is 0.120. The molecule has 0 spiro atoms. The van der Waals surface area contributed by atoms with Crippen LogP contribution in [0.25, 0.3) is 6.08 Å². The second-order valence-electron chi connectivity index (χ2n) is 6.89. The number of imide groups is 1. The summed E-state index contributed by atoms with van der Waals surface area (Å²) in [5.41, 5.74) is 2.47. The predicted octanol–water partition coefficient (Wildman–Crippen LogP) is 5.17. The number of carbonyl (C=O) groups is 2. The van der Waals surface area contributed by atoms with Crippen LogP contribution in [0, 0.1) is 0 Å². The van der Waals surface area contributed by atoms with Crippen molar-refractivity contribution in [3.63, 3.8) is 0 Å². The Hall–Kier alpha value is -3.86. The second kappa shape index (κ2) is 8.66. The fourth-order valence-corrected chi connectivity index (χ4v) is 3.57. The van der Waals surface area contributed by atoms with Crippen molar-refractivity contribution in [2.75, 3.05) is 7.11 Å². The number of methoxy groups -OCH3 is 1. The van der Waals surface area contributed by atoms with Gasteiger partial charge in [0.05, 0.1) is 7.11 Å². The van der Waals surface area contributed by atoms with Crippen LogP contribution in [0.3, 0.4) is 0 Å². The zero-order valence-electron chi connectivity index (χ0n) is 16.5. The van der Waals surface area contributed by atoms with Crippen molar-refractivity contribution in [3.05, 3.63) is 108 Å². The molecule has 5 heteroatoms. The van der Waals surface area contributed by atoms with E-state index in [1.165, 1.54) is 11.0 Å². The van der Waals surface area contributed by atoms with Crippen LogP contribution in [-0.4, -0.2) is 24.0 Å². The normalized spacial score (nSPS) is 18.4. The van der Waals surface area contributed by atoms with Crippen LogP contribution in [0.1, 0.15) is 28.8 Å². The lowest BCUT2D eigenvalue weighted by Gasteiger charge is -2.23. The van der Waals surface area contributed by atoms with Crippen LogP contribution >= 0.6 is 0 Å². The molecule has 1 fully saturated rings. The van der Waals surface area contributed by atoms with E-state index in [9.17, 15) is 9.59 Å². The van der Waals surface area contributed by atoms with Crippen LogP contribution in [0.15, 0.2) is 91.0 Å². The van der Waals surface area contributed by atoms with E-state index < -0.39 is 24.1 Å². The molecule has 5 nitrogen and oxygen atoms in total. The molecule has 3 aromatic carbocycles. The fourth-order valence-electron chi connectivity index (χ4n) is 3.57. The molecule has 2 atom stereocenters. The molecule has 0 N–H and O–H groups in total. The second-order valence-corrected chi connectivity index (χ2v) is 6.89. The third-order valence-corrected chi connectivity index (χ3v) is 5.01. The van der Waals surface area contributed by atoms with Crippen LogP contribution in [0.2, 0.25) is 0 Å². The minimum Gasteiger partial charge on any atom is -0.497 e. The average Bonchev–Trinajstić information content (AvgIpc) is 3.16. The highest BCUT2D eigenvalue weighted by Gasteiger charge is 2.46. The molecule has 3 aromatic rings. The molecule has 2 unspecified atom stereocenters. The molecule has 1 heterocycles. The Kier molecular flexibility index (Phi) is 5.61. The average molecular weight is 399 g/mol. The first kappa shape index (κ1) is 19.5. The van der Waals surface area contributed by atoms with Gasteiger partial charge in [-0.15, -0.1) is 0 Å². The minimum atomic E-state index is -0.655. The van der Waals surface area contributed by atoms with E-state index in [1.54, 1.807) is 13.2 Å². The lowest BCUT2D eigenvalue weighted by atomic mass is 9.95. The standard InChI is InChI=1S/C25H21NO4/c1-29-21-14-8-9-18(17-21)15-16-22(27)26-23(19-10-4-2-5-11-19)24(30-25(26)28)20-12-6-3-7-13-20/h2-17,23-24H,1H3. The molecule has 4 rings (SSSR count). The number of hydrogen-bond acceptors (Lipinski definition) is 4. The summed E-state index contributed by atoms with van der Waals surface area (Å²) < 4.78 is 10.9. The third-order valence-electron chi connectivity index (χ3n) is 5.01. The number of carbonyl (C=O) groups excluding carboxylic acids is 2. The Morgan fingerprint density at radius 2 is 1.60 bits per heavy atom. The topological polar surface area (TPSA) is 55.8 Å². The van der Waals surface area contributed by atoms with E-state index in [-0.39, 0.29) is 0 Å². The molecule has 0 aromatic heterocycles. The number of cyclic esters (lactones) is 1. The van der Waals surface area contributed by atoms with Gasteiger partial charge in [-0.3, -0.25) is 4.79 Å². The summed E-state index contributed by atoms with van der Waals surface area (Å²) in [6.45, 7) is 0. The van der Waals surface area contributed by atoms with Gasteiger partial charge in [0, 0.05) is 6.08 Å². The maximum atomic E-state index is 13.1. The highest BCUT2D eigenvalue weighted by molar-refractivity contribution is 6.02. The third kappa shape index (κ3) is 3.96. The van der Waals surface area contributed by atoms with E-state index in [2.05, 4.69) is 0 Å². The molecule has 1 saturated heterocycles. The summed E-state index contributed by atoms with van der Waals surface area (Å²) in [4.78, 5) is 27.0. The number of nitrogens with zero attached hydrogens (tertiary/aromatic N) is 1. The van der Waals surface area contributed by atoms with E-state index in [0.717, 1.165) is 16.7 Å². The van der Waals surface area contributed by atoms with Crippen molar-refractivity contribution in [2.24, 2.45) is 0 Å². The van der Waals surface area contributed by atoms with Crippen molar-refractivity contribution in [1.29, 1.82) is 0 Å². The number of rotatable bonds is 5. The largest absolute Gasteiger partial charge is 0.497 e. The van der Waals surface area contributed by atoms with Gasteiger partial charge < -0.3 is 9.47 Å². The van der Waals surface area contributed by atoms with Gasteiger partial charge in [-0.05, 0) is 34.9 Å². The van der Waals surface area contributed by atoms with Gasteiger partial charge in [0.15, 0.2) is 6.10 Å². The number of benzene rings is 3. The smallest absolute Gasteiger partial charge is 0.418 e. The summed E-state index contributed by atoms with van der Waals surface area (Å²) in [7, 11) is 1.59. The summed E-state index contributed by atoms with van der Waals surface area (Å²) in [5.74, 6) is 0.256. The van der Waals surface area contributed by atoms with Gasteiger partial charge in [-0.1, -0.05) is 72.8 Å². The van der Waals surface area contributed by atoms with E-state index in [1.807, 2.05) is 84.9 Å². The summed E-state index contributed by atoms with van der Waals surface area (Å²) in [5, 5.41) is 0. The van der Waals surface area contributed by atoms with Gasteiger partial charge in [0.2, 0.25) is 0 Å². The Morgan fingerprint density at radius 1 is 0.933 bits per heavy atom. The molecule has 30 heavy (non-hydrogen) atoms. The predicted molar refractivity (Wildman–Crippen MR) is 114 cm³/mol. The molecule has 0 radical (unpaired) electrons. The first-order valence-electron chi connectivity index (χ1n) is 9.63. The maximum absolute atomic E-state index is 13.1. The first-order valence-corrected chi connectivity index (χ1v) is 9.63. The number of hydrogen-bond donors (Lipinski definition) is 0. The van der Waals surface area contributed by atoms with Crippen LogP contribution in [0.5, 0.6) is 5.75 Å². The van der Waals surface area contributed by atoms with E-state index >= 15 is 0 Å². The lowest BCUT2D eigenvalue weighted by Crippen LogP contribution is -2.33. The van der Waals surface area contributed by atoms with Crippen LogP contribution in [-0.2, 0) is 9.53 Å². The Balaban J connectivity index is 1.67. The number of ether oxygens (including phenoxy) is 2. The van der Waals surface area contributed by atoms with Gasteiger partial charge in [-0.25, -0.2) is 9.69 Å². The summed E-state index contributed by atoms with van der Waals surface area (Å²) in [6, 6.07) is 25.7. The Bertz CT molecular complexity index is 1060. The van der Waals surface area contributed by atoms with Gasteiger partial charge in [-0.2, -0.15) is 0 Å². The highest BCUT2D eigenvalue weighted by Crippen LogP contribution is 2.43. The quantitative estimate of drug-likeness (QED) is 0.556. The zero-order chi connectivity index (χ0) is 20.9. The molecular weight excluding hydrogens is 378 g/mol. The molecule has 0 saturated carbocycles. The zero-order valence-corrected chi connectivity index (χ0v) is 16.5.